The number of hydrogen-bond donors (Lipinski definition) is 1. The molecule has 1 fully saturated rings. The molecule has 1 N–H and O–H groups in total. The van der Waals surface area contributed by atoms with Gasteiger partial charge in [-0.2, -0.15) is 9.97 Å². The number of hydrogen-bond acceptors (Lipinski definition) is 6. The van der Waals surface area contributed by atoms with Crippen LogP contribution in [0.2, 0.25) is 0 Å². The van der Waals surface area contributed by atoms with Gasteiger partial charge in [-0.05, 0) is 42.0 Å². The minimum Gasteiger partial charge on any atom is -0.479 e. The average Bonchev–Trinajstić information content (AvgIpc) is 3.40. The molecule has 1 aliphatic carbocycles. The van der Waals surface area contributed by atoms with Gasteiger partial charge in [-0.3, -0.25) is 4.90 Å². The molecule has 5 rings (SSSR count). The summed E-state index contributed by atoms with van der Waals surface area (Å²) >= 11 is 0. The lowest BCUT2D eigenvalue weighted by Gasteiger charge is -2.37. The largest absolute Gasteiger partial charge is 0.479 e. The summed E-state index contributed by atoms with van der Waals surface area (Å²) in [5.74, 6) is 0.891. The van der Waals surface area contributed by atoms with Crippen molar-refractivity contribution in [1.82, 2.24) is 19.8 Å². The topological polar surface area (TPSA) is 55.7 Å². The summed E-state index contributed by atoms with van der Waals surface area (Å²) in [5, 5.41) is 10.2. The van der Waals surface area contributed by atoms with E-state index in [1.165, 1.54) is 30.4 Å². The minimum atomic E-state index is -0.121. The van der Waals surface area contributed by atoms with E-state index >= 15 is 0 Å². The molecule has 3 aliphatic rings. The fraction of sp³-hybridized carbons (Fsp3) is 0.417. The first-order chi connectivity index (χ1) is 14.6. The maximum absolute atomic E-state index is 10.2. The molecule has 0 bridgehead atoms. The number of anilines is 1. The highest BCUT2D eigenvalue weighted by Gasteiger charge is 2.30. The van der Waals surface area contributed by atoms with Crippen molar-refractivity contribution < 1.29 is 5.11 Å². The third-order valence-corrected chi connectivity index (χ3v) is 6.67. The molecule has 0 saturated carbocycles. The monoisotopic (exact) mass is 403 g/mol. The number of rotatable bonds is 5. The number of nitrogens with zero attached hydrogens (tertiary/aromatic N) is 5. The van der Waals surface area contributed by atoms with Crippen molar-refractivity contribution in [3.63, 3.8) is 0 Å². The van der Waals surface area contributed by atoms with Crippen LogP contribution in [0.25, 0.3) is 0 Å². The van der Waals surface area contributed by atoms with E-state index in [1.54, 1.807) is 5.56 Å². The van der Waals surface area contributed by atoms with Gasteiger partial charge in [0.05, 0.1) is 5.69 Å². The van der Waals surface area contributed by atoms with Crippen LogP contribution in [0.1, 0.15) is 34.4 Å². The molecular formula is C24H29N5O. The third kappa shape index (κ3) is 3.45. The van der Waals surface area contributed by atoms with Crippen molar-refractivity contribution in [3.05, 3.63) is 71.1 Å². The fourth-order valence-electron chi connectivity index (χ4n) is 5.08. The average molecular weight is 404 g/mol. The van der Waals surface area contributed by atoms with E-state index in [2.05, 4.69) is 56.0 Å². The second-order valence-electron chi connectivity index (χ2n) is 8.50. The first-order valence-electron chi connectivity index (χ1n) is 10.8. The molecule has 6 nitrogen and oxygen atoms in total. The van der Waals surface area contributed by atoms with Crippen LogP contribution in [0.3, 0.4) is 0 Å². The summed E-state index contributed by atoms with van der Waals surface area (Å²) < 4.78 is 0. The normalized spacial score (nSPS) is 18.4. The van der Waals surface area contributed by atoms with Crippen LogP contribution < -0.4 is 4.90 Å². The number of piperazine rings is 1. The van der Waals surface area contributed by atoms with Crippen LogP contribution in [0.15, 0.2) is 43.1 Å². The number of aryl methyl sites for hydroxylation is 1. The summed E-state index contributed by atoms with van der Waals surface area (Å²) in [6, 6.07) is 6.61. The van der Waals surface area contributed by atoms with E-state index in [0.717, 1.165) is 68.6 Å². The minimum absolute atomic E-state index is 0.121. The Morgan fingerprint density at radius 3 is 2.70 bits per heavy atom. The van der Waals surface area contributed by atoms with E-state index in [-0.39, 0.29) is 6.01 Å². The zero-order valence-electron chi connectivity index (χ0n) is 17.5. The van der Waals surface area contributed by atoms with Crippen LogP contribution in [0.5, 0.6) is 6.01 Å². The first-order valence-corrected chi connectivity index (χ1v) is 10.8. The summed E-state index contributed by atoms with van der Waals surface area (Å²) in [6.45, 7) is 13.8. The molecule has 0 unspecified atom stereocenters. The van der Waals surface area contributed by atoms with Crippen molar-refractivity contribution in [2.45, 2.75) is 38.9 Å². The zero-order valence-corrected chi connectivity index (χ0v) is 17.5. The number of aromatic hydroxyl groups is 1. The standard InChI is InChI=1S/C24H29N5O/c1-3-17(2)28-10-12-29(13-11-28)23-21-15-27(16-22(21)25-24(30)26-23)14-19-8-4-6-18-7-5-9-20(18)19/h3-4,6,8H,1-2,5,7,9-16H2,(H,25,26,30). The van der Waals surface area contributed by atoms with Gasteiger partial charge in [0.15, 0.2) is 0 Å². The molecule has 2 aromatic rings. The van der Waals surface area contributed by atoms with Crippen molar-refractivity contribution >= 4 is 5.82 Å². The highest BCUT2D eigenvalue weighted by atomic mass is 16.3. The van der Waals surface area contributed by atoms with Crippen LogP contribution in [-0.2, 0) is 32.5 Å². The Kier molecular flexibility index (Phi) is 4.95. The number of allylic oxidation sites excluding steroid dienone is 1. The number of benzene rings is 1. The Balaban J connectivity index is 1.34. The lowest BCUT2D eigenvalue weighted by molar-refractivity contribution is 0.272. The maximum Gasteiger partial charge on any atom is 0.316 e. The lowest BCUT2D eigenvalue weighted by Crippen LogP contribution is -2.46. The predicted molar refractivity (Wildman–Crippen MR) is 118 cm³/mol. The van der Waals surface area contributed by atoms with Crippen molar-refractivity contribution in [2.75, 3.05) is 31.1 Å². The van der Waals surface area contributed by atoms with E-state index in [1.807, 2.05) is 6.08 Å². The van der Waals surface area contributed by atoms with Crippen LogP contribution in [0, 0.1) is 0 Å². The van der Waals surface area contributed by atoms with Gasteiger partial charge in [0.2, 0.25) is 0 Å². The van der Waals surface area contributed by atoms with Gasteiger partial charge in [-0.1, -0.05) is 31.4 Å². The van der Waals surface area contributed by atoms with Crippen molar-refractivity contribution in [1.29, 1.82) is 0 Å². The van der Waals surface area contributed by atoms with Crippen LogP contribution in [-0.4, -0.2) is 51.1 Å². The molecule has 2 aliphatic heterocycles. The molecule has 6 heteroatoms. The number of fused-ring (bicyclic) bond motifs is 2. The zero-order chi connectivity index (χ0) is 20.7. The first kappa shape index (κ1) is 19.1. The quantitative estimate of drug-likeness (QED) is 0.775. The molecule has 156 valence electrons. The van der Waals surface area contributed by atoms with Gasteiger partial charge in [0.25, 0.3) is 0 Å². The Labute approximate surface area is 178 Å². The van der Waals surface area contributed by atoms with Gasteiger partial charge >= 0.3 is 6.01 Å². The molecular weight excluding hydrogens is 374 g/mol. The van der Waals surface area contributed by atoms with Crippen LogP contribution >= 0.6 is 0 Å². The summed E-state index contributed by atoms with van der Waals surface area (Å²) in [7, 11) is 0. The molecule has 30 heavy (non-hydrogen) atoms. The van der Waals surface area contributed by atoms with E-state index in [4.69, 9.17) is 0 Å². The molecule has 0 radical (unpaired) electrons. The number of aromatic nitrogens is 2. The lowest BCUT2D eigenvalue weighted by atomic mass is 10.0. The molecule has 0 spiro atoms. The van der Waals surface area contributed by atoms with E-state index < -0.39 is 0 Å². The molecule has 0 amide bonds. The fourth-order valence-corrected chi connectivity index (χ4v) is 5.08. The molecule has 1 saturated heterocycles. The van der Waals surface area contributed by atoms with Gasteiger partial charge < -0.3 is 14.9 Å². The molecule has 1 aromatic carbocycles. The van der Waals surface area contributed by atoms with E-state index in [9.17, 15) is 5.11 Å². The summed E-state index contributed by atoms with van der Waals surface area (Å²) in [6.07, 6.45) is 5.47. The highest BCUT2D eigenvalue weighted by molar-refractivity contribution is 5.52. The Morgan fingerprint density at radius 2 is 1.90 bits per heavy atom. The Hall–Kier alpha value is -2.86. The van der Waals surface area contributed by atoms with Gasteiger partial charge in [0.1, 0.15) is 5.82 Å². The Morgan fingerprint density at radius 1 is 1.07 bits per heavy atom. The molecule has 3 heterocycles. The van der Waals surface area contributed by atoms with Gasteiger partial charge in [0, 0.05) is 57.1 Å². The summed E-state index contributed by atoms with van der Waals surface area (Å²) in [5.41, 5.74) is 7.59. The van der Waals surface area contributed by atoms with Gasteiger partial charge in [-0.25, -0.2) is 0 Å². The van der Waals surface area contributed by atoms with Gasteiger partial charge in [-0.15, -0.1) is 0 Å². The third-order valence-electron chi connectivity index (χ3n) is 6.67. The van der Waals surface area contributed by atoms with Crippen molar-refractivity contribution in [2.24, 2.45) is 0 Å². The Bertz CT molecular complexity index is 993. The van der Waals surface area contributed by atoms with E-state index in [0.29, 0.717) is 0 Å². The van der Waals surface area contributed by atoms with Crippen LogP contribution in [0.4, 0.5) is 5.82 Å². The van der Waals surface area contributed by atoms with Crippen molar-refractivity contribution in [3.8, 4) is 6.01 Å². The smallest absolute Gasteiger partial charge is 0.316 e. The second kappa shape index (κ2) is 7.76. The highest BCUT2D eigenvalue weighted by Crippen LogP contribution is 2.34. The summed E-state index contributed by atoms with van der Waals surface area (Å²) in [4.78, 5) is 15.7. The second-order valence-corrected chi connectivity index (χ2v) is 8.50. The maximum atomic E-state index is 10.2. The molecule has 0 atom stereocenters. The molecule has 1 aromatic heterocycles. The predicted octanol–water partition coefficient (Wildman–Crippen LogP) is 3.01. The SMILES string of the molecule is C=CC(=C)N1CCN(c2nc(O)nc3c2CN(Cc2cccc4c2CCC4)C3)CC1.